The molecule has 0 unspecified atom stereocenters. The maximum Gasteiger partial charge on any atom is 0.273 e. The second-order valence-electron chi connectivity index (χ2n) is 7.84. The van der Waals surface area contributed by atoms with Crippen LogP contribution in [-0.2, 0) is 28.9 Å². The maximum absolute atomic E-state index is 12.3. The molecule has 1 amide bonds. The molecule has 3 heterocycles. The zero-order chi connectivity index (χ0) is 17.5. The lowest BCUT2D eigenvalue weighted by molar-refractivity contribution is -0.116. The molecule has 0 atom stereocenters. The molecule has 2 N–H and O–H groups in total. The second kappa shape index (κ2) is 6.67. The Morgan fingerprint density at radius 3 is 2.81 bits per heavy atom. The van der Waals surface area contributed by atoms with Gasteiger partial charge in [-0.1, -0.05) is 0 Å². The number of rotatable bonds is 4. The molecule has 0 radical (unpaired) electrons. The number of carbonyl (C=O) groups excluding carboxylic acids is 1. The first-order valence-corrected chi connectivity index (χ1v) is 9.92. The van der Waals surface area contributed by atoms with Gasteiger partial charge >= 0.3 is 0 Å². The zero-order valence-corrected chi connectivity index (χ0v) is 15.1. The number of fused-ring (bicyclic) bond motifs is 1. The molecule has 5 rings (SSSR count). The Morgan fingerprint density at radius 2 is 2.00 bits per heavy atom. The second-order valence-corrected chi connectivity index (χ2v) is 7.84. The summed E-state index contributed by atoms with van der Waals surface area (Å²) in [7, 11) is 0. The van der Waals surface area contributed by atoms with Gasteiger partial charge in [0.15, 0.2) is 0 Å². The van der Waals surface area contributed by atoms with Crippen molar-refractivity contribution in [3.05, 3.63) is 28.1 Å². The molecule has 2 aliphatic heterocycles. The predicted molar refractivity (Wildman–Crippen MR) is 99.8 cm³/mol. The number of hydrazone groups is 1. The summed E-state index contributed by atoms with van der Waals surface area (Å²) in [5.41, 5.74) is 9.73. The summed E-state index contributed by atoms with van der Waals surface area (Å²) in [4.78, 5) is 18.4. The number of H-pyrrole nitrogens is 1. The van der Waals surface area contributed by atoms with Gasteiger partial charge in [0.2, 0.25) is 0 Å². The Kier molecular flexibility index (Phi) is 4.17. The van der Waals surface area contributed by atoms with E-state index in [1.54, 1.807) is 0 Å². The van der Waals surface area contributed by atoms with Gasteiger partial charge in [-0.25, -0.2) is 5.43 Å². The number of ether oxygens (including phenoxy) is 1. The maximum atomic E-state index is 12.3. The summed E-state index contributed by atoms with van der Waals surface area (Å²) in [5.74, 6) is 0.407. The molecule has 1 saturated carbocycles. The van der Waals surface area contributed by atoms with Gasteiger partial charge in [0, 0.05) is 36.9 Å². The standard InChI is InChI=1S/C20H26N4O2/c25-20-15(19(22-23-20)13-5-6-13)11-18-16(12-24-7-9-26-10-8-24)14-3-1-2-4-17(14)21-18/h11,13,21H,1-10,12H2,(H,23,25)/b15-11-. The molecule has 6 heteroatoms. The number of aromatic nitrogens is 1. The predicted octanol–water partition coefficient (Wildman–Crippen LogP) is 2.00. The van der Waals surface area contributed by atoms with Gasteiger partial charge in [-0.05, 0) is 55.7 Å². The number of morpholine rings is 1. The first-order chi connectivity index (χ1) is 12.8. The van der Waals surface area contributed by atoms with E-state index in [-0.39, 0.29) is 5.91 Å². The van der Waals surface area contributed by atoms with Gasteiger partial charge in [0.05, 0.1) is 24.5 Å². The summed E-state index contributed by atoms with van der Waals surface area (Å²) >= 11 is 0. The lowest BCUT2D eigenvalue weighted by atomic mass is 9.93. The average molecular weight is 354 g/mol. The van der Waals surface area contributed by atoms with E-state index < -0.39 is 0 Å². The number of hydrogen-bond acceptors (Lipinski definition) is 4. The number of hydrogen-bond donors (Lipinski definition) is 2. The van der Waals surface area contributed by atoms with E-state index in [0.717, 1.165) is 75.5 Å². The number of aryl methyl sites for hydroxylation is 1. The Morgan fingerprint density at radius 1 is 1.19 bits per heavy atom. The molecule has 4 aliphatic rings. The minimum absolute atomic E-state index is 0.0585. The topological polar surface area (TPSA) is 69.7 Å². The van der Waals surface area contributed by atoms with Crippen LogP contribution in [0.2, 0.25) is 0 Å². The van der Waals surface area contributed by atoms with Crippen molar-refractivity contribution >= 4 is 17.7 Å². The van der Waals surface area contributed by atoms with E-state index >= 15 is 0 Å². The van der Waals surface area contributed by atoms with Crippen LogP contribution in [0.1, 0.15) is 48.2 Å². The van der Waals surface area contributed by atoms with Crippen LogP contribution < -0.4 is 5.43 Å². The van der Waals surface area contributed by atoms with Crippen LogP contribution in [0, 0.1) is 5.92 Å². The normalized spacial score (nSPS) is 25.3. The van der Waals surface area contributed by atoms with Crippen molar-refractivity contribution in [3.63, 3.8) is 0 Å². The van der Waals surface area contributed by atoms with Crippen molar-refractivity contribution in [3.8, 4) is 0 Å². The van der Waals surface area contributed by atoms with Crippen molar-refractivity contribution < 1.29 is 9.53 Å². The first-order valence-electron chi connectivity index (χ1n) is 9.92. The van der Waals surface area contributed by atoms with E-state index in [9.17, 15) is 4.79 Å². The largest absolute Gasteiger partial charge is 0.379 e. The SMILES string of the molecule is O=C1NN=C(C2CC2)/C1=C/c1[nH]c2c(c1CN1CCOCC1)CCCC2. The number of carbonyl (C=O) groups is 1. The van der Waals surface area contributed by atoms with Crippen LogP contribution in [0.15, 0.2) is 10.7 Å². The lowest BCUT2D eigenvalue weighted by Gasteiger charge is -2.27. The van der Waals surface area contributed by atoms with Gasteiger partial charge < -0.3 is 9.72 Å². The van der Waals surface area contributed by atoms with Crippen LogP contribution in [-0.4, -0.2) is 47.8 Å². The number of nitrogens with one attached hydrogen (secondary N) is 2. The van der Waals surface area contributed by atoms with Crippen LogP contribution in [0.4, 0.5) is 0 Å². The molecule has 1 aromatic rings. The summed E-state index contributed by atoms with van der Waals surface area (Å²) < 4.78 is 5.50. The molecule has 1 saturated heterocycles. The molecule has 26 heavy (non-hydrogen) atoms. The minimum Gasteiger partial charge on any atom is -0.379 e. The van der Waals surface area contributed by atoms with Crippen LogP contribution in [0.3, 0.4) is 0 Å². The molecule has 0 aromatic carbocycles. The fraction of sp³-hybridized carbons (Fsp3) is 0.600. The molecule has 0 spiro atoms. The average Bonchev–Trinajstić information content (AvgIpc) is 3.37. The highest BCUT2D eigenvalue weighted by Gasteiger charge is 2.36. The van der Waals surface area contributed by atoms with Crippen molar-refractivity contribution in [2.24, 2.45) is 11.0 Å². The number of nitrogens with zero attached hydrogens (tertiary/aromatic N) is 2. The van der Waals surface area contributed by atoms with Gasteiger partial charge in [0.1, 0.15) is 0 Å². The van der Waals surface area contributed by atoms with Crippen molar-refractivity contribution in [1.82, 2.24) is 15.3 Å². The molecular formula is C20H26N4O2. The van der Waals surface area contributed by atoms with Crippen LogP contribution in [0.25, 0.3) is 6.08 Å². The fourth-order valence-electron chi connectivity index (χ4n) is 4.36. The Labute approximate surface area is 153 Å². The Balaban J connectivity index is 1.51. The summed E-state index contributed by atoms with van der Waals surface area (Å²) in [6, 6.07) is 0. The minimum atomic E-state index is -0.0585. The van der Waals surface area contributed by atoms with Crippen LogP contribution >= 0.6 is 0 Å². The third-order valence-electron chi connectivity index (χ3n) is 5.98. The van der Waals surface area contributed by atoms with Gasteiger partial charge in [0.25, 0.3) is 5.91 Å². The summed E-state index contributed by atoms with van der Waals surface area (Å²) in [5, 5.41) is 4.29. The van der Waals surface area contributed by atoms with E-state index in [0.29, 0.717) is 5.92 Å². The fourth-order valence-corrected chi connectivity index (χ4v) is 4.36. The lowest BCUT2D eigenvalue weighted by Crippen LogP contribution is -2.36. The Bertz CT molecular complexity index is 782. The number of amides is 1. The quantitative estimate of drug-likeness (QED) is 0.813. The number of aromatic amines is 1. The van der Waals surface area contributed by atoms with Crippen molar-refractivity contribution in [2.75, 3.05) is 26.3 Å². The van der Waals surface area contributed by atoms with Gasteiger partial charge in [-0.3, -0.25) is 9.69 Å². The van der Waals surface area contributed by atoms with Crippen molar-refractivity contribution in [2.45, 2.75) is 45.1 Å². The van der Waals surface area contributed by atoms with Gasteiger partial charge in [-0.15, -0.1) is 0 Å². The zero-order valence-electron chi connectivity index (χ0n) is 15.1. The van der Waals surface area contributed by atoms with E-state index in [2.05, 4.69) is 26.5 Å². The molecular weight excluding hydrogens is 328 g/mol. The molecule has 138 valence electrons. The molecule has 0 bridgehead atoms. The highest BCUT2D eigenvalue weighted by atomic mass is 16.5. The third kappa shape index (κ3) is 3.01. The van der Waals surface area contributed by atoms with Crippen molar-refractivity contribution in [1.29, 1.82) is 0 Å². The van der Waals surface area contributed by atoms with Crippen LogP contribution in [0.5, 0.6) is 0 Å². The Hall–Kier alpha value is -1.92. The smallest absolute Gasteiger partial charge is 0.273 e. The monoisotopic (exact) mass is 354 g/mol. The van der Waals surface area contributed by atoms with E-state index in [4.69, 9.17) is 4.74 Å². The summed E-state index contributed by atoms with van der Waals surface area (Å²) in [6.45, 7) is 4.51. The van der Waals surface area contributed by atoms with E-state index in [1.807, 2.05) is 0 Å². The van der Waals surface area contributed by atoms with Gasteiger partial charge in [-0.2, -0.15) is 5.10 Å². The summed E-state index contributed by atoms with van der Waals surface area (Å²) in [6.07, 6.45) is 9.12. The first kappa shape index (κ1) is 16.3. The third-order valence-corrected chi connectivity index (χ3v) is 5.98. The molecule has 1 aromatic heterocycles. The van der Waals surface area contributed by atoms with E-state index in [1.165, 1.54) is 29.7 Å². The molecule has 2 aliphatic carbocycles. The highest BCUT2D eigenvalue weighted by molar-refractivity contribution is 6.28. The molecule has 6 nitrogen and oxygen atoms in total. The molecule has 2 fully saturated rings. The highest BCUT2D eigenvalue weighted by Crippen LogP contribution is 2.36.